The molecule has 1 atom stereocenters. The molecule has 1 aliphatic rings. The molecule has 4 rings (SSSR count). The number of nitrogens with one attached hydrogen (secondary N) is 1. The van der Waals surface area contributed by atoms with Gasteiger partial charge in [-0.15, -0.1) is 5.10 Å². The predicted octanol–water partition coefficient (Wildman–Crippen LogP) is 2.34. The van der Waals surface area contributed by atoms with E-state index in [1.54, 1.807) is 13.3 Å². The van der Waals surface area contributed by atoms with E-state index in [0.29, 0.717) is 0 Å². The standard InChI is InChI=1S/C20H23N5O2/c1-27-18-8-6-17(7-9-18)25-20(26)22-19(23-25)16-5-3-11-24(14-16)13-15-4-2-10-21-12-15/h2,4,6-10,12,16H,3,5,11,13-14H2,1H3,(H,22,23,26). The van der Waals surface area contributed by atoms with Gasteiger partial charge in [0, 0.05) is 31.4 Å². The van der Waals surface area contributed by atoms with Crippen LogP contribution in [0.1, 0.15) is 30.1 Å². The minimum absolute atomic E-state index is 0.209. The molecule has 1 aromatic carbocycles. The van der Waals surface area contributed by atoms with Crippen molar-refractivity contribution < 1.29 is 4.74 Å². The summed E-state index contributed by atoms with van der Waals surface area (Å²) in [6.07, 6.45) is 5.81. The summed E-state index contributed by atoms with van der Waals surface area (Å²) in [6.45, 7) is 2.80. The van der Waals surface area contributed by atoms with E-state index in [-0.39, 0.29) is 11.6 Å². The Morgan fingerprint density at radius 2 is 2.11 bits per heavy atom. The number of pyridine rings is 1. The van der Waals surface area contributed by atoms with Crippen LogP contribution < -0.4 is 10.4 Å². The molecule has 3 heterocycles. The first-order valence-electron chi connectivity index (χ1n) is 9.18. The maximum Gasteiger partial charge on any atom is 0.348 e. The van der Waals surface area contributed by atoms with Crippen LogP contribution in [0, 0.1) is 0 Å². The van der Waals surface area contributed by atoms with Crippen LogP contribution >= 0.6 is 0 Å². The number of methoxy groups -OCH3 is 1. The lowest BCUT2D eigenvalue weighted by Gasteiger charge is -2.31. The molecule has 1 aliphatic heterocycles. The number of likely N-dealkylation sites (tertiary alicyclic amines) is 1. The normalized spacial score (nSPS) is 17.7. The van der Waals surface area contributed by atoms with Crippen LogP contribution in [0.25, 0.3) is 5.69 Å². The Balaban J connectivity index is 1.50. The molecule has 0 amide bonds. The zero-order chi connectivity index (χ0) is 18.6. The summed E-state index contributed by atoms with van der Waals surface area (Å²) in [7, 11) is 1.62. The highest BCUT2D eigenvalue weighted by molar-refractivity contribution is 5.36. The van der Waals surface area contributed by atoms with E-state index in [4.69, 9.17) is 4.74 Å². The zero-order valence-corrected chi connectivity index (χ0v) is 15.3. The summed E-state index contributed by atoms with van der Waals surface area (Å²) in [5.74, 6) is 1.73. The summed E-state index contributed by atoms with van der Waals surface area (Å²) in [6, 6.07) is 11.4. The first-order chi connectivity index (χ1) is 13.2. The molecule has 7 nitrogen and oxygen atoms in total. The Morgan fingerprint density at radius 3 is 2.85 bits per heavy atom. The fourth-order valence-electron chi connectivity index (χ4n) is 3.59. The maximum atomic E-state index is 12.4. The van der Waals surface area contributed by atoms with Crippen molar-refractivity contribution in [2.75, 3.05) is 20.2 Å². The van der Waals surface area contributed by atoms with Gasteiger partial charge in [-0.1, -0.05) is 6.07 Å². The number of H-pyrrole nitrogens is 1. The Labute approximate surface area is 157 Å². The van der Waals surface area contributed by atoms with Crippen molar-refractivity contribution in [3.63, 3.8) is 0 Å². The third-order valence-corrected chi connectivity index (χ3v) is 4.97. The van der Waals surface area contributed by atoms with Crippen LogP contribution in [0.2, 0.25) is 0 Å². The highest BCUT2D eigenvalue weighted by Gasteiger charge is 2.25. The highest BCUT2D eigenvalue weighted by Crippen LogP contribution is 2.25. The summed E-state index contributed by atoms with van der Waals surface area (Å²) < 4.78 is 6.60. The smallest absolute Gasteiger partial charge is 0.348 e. The molecular formula is C20H23N5O2. The minimum Gasteiger partial charge on any atom is -0.497 e. The molecule has 1 fully saturated rings. The van der Waals surface area contributed by atoms with Crippen molar-refractivity contribution in [1.29, 1.82) is 0 Å². The molecule has 3 aromatic rings. The molecule has 0 saturated carbocycles. The number of ether oxygens (including phenoxy) is 1. The Kier molecular flexibility index (Phi) is 5.02. The van der Waals surface area contributed by atoms with Crippen molar-refractivity contribution >= 4 is 0 Å². The summed E-state index contributed by atoms with van der Waals surface area (Å²) in [5.41, 5.74) is 1.72. The van der Waals surface area contributed by atoms with Crippen LogP contribution in [0.15, 0.2) is 53.6 Å². The summed E-state index contributed by atoms with van der Waals surface area (Å²) >= 11 is 0. The third kappa shape index (κ3) is 3.93. The lowest BCUT2D eigenvalue weighted by Crippen LogP contribution is -2.34. The topological polar surface area (TPSA) is 76.0 Å². The lowest BCUT2D eigenvalue weighted by molar-refractivity contribution is 0.196. The summed E-state index contributed by atoms with van der Waals surface area (Å²) in [5, 5.41) is 4.57. The molecule has 140 valence electrons. The van der Waals surface area contributed by atoms with Gasteiger partial charge in [-0.2, -0.15) is 4.68 Å². The highest BCUT2D eigenvalue weighted by atomic mass is 16.5. The van der Waals surface area contributed by atoms with Gasteiger partial charge < -0.3 is 4.74 Å². The van der Waals surface area contributed by atoms with Crippen molar-refractivity contribution in [3.05, 3.63) is 70.7 Å². The van der Waals surface area contributed by atoms with Crippen LogP contribution in [0.5, 0.6) is 5.75 Å². The van der Waals surface area contributed by atoms with Crippen LogP contribution in [0.4, 0.5) is 0 Å². The van der Waals surface area contributed by atoms with E-state index in [2.05, 4.69) is 26.0 Å². The third-order valence-electron chi connectivity index (χ3n) is 4.97. The molecular weight excluding hydrogens is 342 g/mol. The van der Waals surface area contributed by atoms with Gasteiger partial charge in [0.1, 0.15) is 11.6 Å². The molecule has 1 N–H and O–H groups in total. The average Bonchev–Trinajstić information content (AvgIpc) is 3.11. The number of hydrogen-bond donors (Lipinski definition) is 1. The maximum absolute atomic E-state index is 12.4. The van der Waals surface area contributed by atoms with Gasteiger partial charge >= 0.3 is 5.69 Å². The van der Waals surface area contributed by atoms with E-state index in [9.17, 15) is 4.79 Å². The molecule has 27 heavy (non-hydrogen) atoms. The van der Waals surface area contributed by atoms with Crippen molar-refractivity contribution in [2.45, 2.75) is 25.3 Å². The molecule has 2 aromatic heterocycles. The van der Waals surface area contributed by atoms with Crippen LogP contribution in [-0.4, -0.2) is 44.8 Å². The van der Waals surface area contributed by atoms with Crippen LogP contribution in [-0.2, 0) is 6.54 Å². The Morgan fingerprint density at radius 1 is 1.26 bits per heavy atom. The van der Waals surface area contributed by atoms with Gasteiger partial charge in [0.2, 0.25) is 0 Å². The van der Waals surface area contributed by atoms with E-state index in [1.165, 1.54) is 10.2 Å². The van der Waals surface area contributed by atoms with E-state index < -0.39 is 0 Å². The molecule has 0 spiro atoms. The average molecular weight is 365 g/mol. The number of piperidine rings is 1. The number of aromatic amines is 1. The van der Waals surface area contributed by atoms with Gasteiger partial charge in [-0.3, -0.25) is 14.9 Å². The second-order valence-electron chi connectivity index (χ2n) is 6.86. The lowest BCUT2D eigenvalue weighted by atomic mass is 9.97. The van der Waals surface area contributed by atoms with Gasteiger partial charge in [-0.25, -0.2) is 4.79 Å². The largest absolute Gasteiger partial charge is 0.497 e. The number of benzene rings is 1. The second kappa shape index (κ2) is 7.75. The Hall–Kier alpha value is -2.93. The minimum atomic E-state index is -0.209. The number of hydrogen-bond acceptors (Lipinski definition) is 5. The van der Waals surface area contributed by atoms with Gasteiger partial charge in [0.05, 0.1) is 12.8 Å². The monoisotopic (exact) mass is 365 g/mol. The van der Waals surface area contributed by atoms with E-state index in [0.717, 1.165) is 49.7 Å². The van der Waals surface area contributed by atoms with Gasteiger partial charge in [0.25, 0.3) is 0 Å². The molecule has 0 aliphatic carbocycles. The zero-order valence-electron chi connectivity index (χ0n) is 15.3. The van der Waals surface area contributed by atoms with Gasteiger partial charge in [0.15, 0.2) is 0 Å². The Bertz CT molecular complexity index is 933. The fraction of sp³-hybridized carbons (Fsp3) is 0.350. The van der Waals surface area contributed by atoms with Crippen molar-refractivity contribution in [1.82, 2.24) is 24.6 Å². The molecule has 1 saturated heterocycles. The molecule has 1 unspecified atom stereocenters. The molecule has 7 heteroatoms. The second-order valence-corrected chi connectivity index (χ2v) is 6.86. The van der Waals surface area contributed by atoms with Gasteiger partial charge in [-0.05, 0) is 55.3 Å². The number of aromatic nitrogens is 4. The summed E-state index contributed by atoms with van der Waals surface area (Å²) in [4.78, 5) is 21.9. The van der Waals surface area contributed by atoms with E-state index in [1.807, 2.05) is 36.5 Å². The number of nitrogens with zero attached hydrogens (tertiary/aromatic N) is 4. The first-order valence-corrected chi connectivity index (χ1v) is 9.18. The van der Waals surface area contributed by atoms with E-state index >= 15 is 0 Å². The predicted molar refractivity (Wildman–Crippen MR) is 102 cm³/mol. The molecule has 0 bridgehead atoms. The van der Waals surface area contributed by atoms with Crippen molar-refractivity contribution in [2.24, 2.45) is 0 Å². The quantitative estimate of drug-likeness (QED) is 0.751. The molecule has 0 radical (unpaired) electrons. The number of rotatable bonds is 5. The van der Waals surface area contributed by atoms with Crippen molar-refractivity contribution in [3.8, 4) is 11.4 Å². The first kappa shape index (κ1) is 17.5. The SMILES string of the molecule is COc1ccc(-n2nc(C3CCCN(Cc4cccnc4)C3)[nH]c2=O)cc1. The fourth-order valence-corrected chi connectivity index (χ4v) is 3.59. The van der Waals surface area contributed by atoms with Crippen LogP contribution in [0.3, 0.4) is 0 Å².